The van der Waals surface area contributed by atoms with E-state index in [0.29, 0.717) is 11.8 Å². The molecule has 1 aliphatic heterocycles. The maximum Gasteiger partial charge on any atom is 0.236 e. The maximum absolute atomic E-state index is 11.8. The Balaban J connectivity index is 2.17. The van der Waals surface area contributed by atoms with E-state index in [2.05, 4.69) is 31.0 Å². The molecule has 1 unspecified atom stereocenters. The minimum Gasteiger partial charge on any atom is -0.354 e. The number of carbonyl (C=O) groups is 1. The number of likely N-dealkylation sites (tertiary alicyclic amines) is 1. The van der Waals surface area contributed by atoms with Gasteiger partial charge in [0.1, 0.15) is 0 Å². The first-order valence-corrected chi connectivity index (χ1v) is 7.74. The van der Waals surface area contributed by atoms with Crippen LogP contribution in [0.1, 0.15) is 46.5 Å². The van der Waals surface area contributed by atoms with Crippen molar-refractivity contribution in [1.82, 2.24) is 10.2 Å². The van der Waals surface area contributed by atoms with Crippen LogP contribution in [0.3, 0.4) is 0 Å². The molecule has 4 nitrogen and oxygen atoms in total. The lowest BCUT2D eigenvalue weighted by Crippen LogP contribution is -2.44. The van der Waals surface area contributed by atoms with Crippen LogP contribution in [0, 0.1) is 11.8 Å². The number of carbonyl (C=O) groups excluding carboxylic acids is 1. The second-order valence-electron chi connectivity index (χ2n) is 6.45. The van der Waals surface area contributed by atoms with Crippen LogP contribution in [-0.4, -0.2) is 43.0 Å². The summed E-state index contributed by atoms with van der Waals surface area (Å²) in [5, 5.41) is 2.99. The number of nitrogens with one attached hydrogen (secondary N) is 1. The molecule has 1 rings (SSSR count). The zero-order valence-corrected chi connectivity index (χ0v) is 12.8. The summed E-state index contributed by atoms with van der Waals surface area (Å²) in [5.41, 5.74) is 5.87. The van der Waals surface area contributed by atoms with E-state index < -0.39 is 0 Å². The highest BCUT2D eigenvalue weighted by molar-refractivity contribution is 5.81. The third-order valence-corrected chi connectivity index (χ3v) is 3.71. The van der Waals surface area contributed by atoms with Crippen molar-refractivity contribution in [2.45, 2.75) is 52.5 Å². The highest BCUT2D eigenvalue weighted by Gasteiger charge is 2.17. The first kappa shape index (κ1) is 16.4. The van der Waals surface area contributed by atoms with Gasteiger partial charge < -0.3 is 16.0 Å². The normalized spacial score (nSPS) is 20.3. The lowest BCUT2D eigenvalue weighted by atomic mass is 10.0. The van der Waals surface area contributed by atoms with Crippen LogP contribution in [0.15, 0.2) is 0 Å². The second kappa shape index (κ2) is 8.54. The Morgan fingerprint density at radius 3 is 2.42 bits per heavy atom. The van der Waals surface area contributed by atoms with Crippen molar-refractivity contribution in [3.8, 4) is 0 Å². The SMILES string of the molecule is CC(C)C[C@@H](N)C(=O)NCC(C)CN1CCCCC1. The number of nitrogens with zero attached hydrogens (tertiary/aromatic N) is 1. The zero-order chi connectivity index (χ0) is 14.3. The van der Waals surface area contributed by atoms with Gasteiger partial charge in [-0.25, -0.2) is 0 Å². The number of piperidine rings is 1. The highest BCUT2D eigenvalue weighted by atomic mass is 16.2. The molecule has 0 aromatic carbocycles. The van der Waals surface area contributed by atoms with Gasteiger partial charge in [0.15, 0.2) is 0 Å². The smallest absolute Gasteiger partial charge is 0.236 e. The molecule has 0 aliphatic carbocycles. The Morgan fingerprint density at radius 1 is 1.21 bits per heavy atom. The predicted molar refractivity (Wildman–Crippen MR) is 79.9 cm³/mol. The molecule has 112 valence electrons. The fraction of sp³-hybridized carbons (Fsp3) is 0.933. The molecule has 1 amide bonds. The zero-order valence-electron chi connectivity index (χ0n) is 12.8. The van der Waals surface area contributed by atoms with Crippen molar-refractivity contribution < 1.29 is 4.79 Å². The van der Waals surface area contributed by atoms with E-state index in [1.165, 1.54) is 32.4 Å². The number of hydrogen-bond donors (Lipinski definition) is 2. The Hall–Kier alpha value is -0.610. The number of hydrogen-bond acceptors (Lipinski definition) is 3. The van der Waals surface area contributed by atoms with Gasteiger partial charge in [-0.15, -0.1) is 0 Å². The van der Waals surface area contributed by atoms with Crippen LogP contribution < -0.4 is 11.1 Å². The third kappa shape index (κ3) is 6.92. The summed E-state index contributed by atoms with van der Waals surface area (Å²) in [6.45, 7) is 10.6. The summed E-state index contributed by atoms with van der Waals surface area (Å²) in [5.74, 6) is 0.957. The summed E-state index contributed by atoms with van der Waals surface area (Å²) < 4.78 is 0. The van der Waals surface area contributed by atoms with Gasteiger partial charge in [0.05, 0.1) is 6.04 Å². The van der Waals surface area contributed by atoms with E-state index in [4.69, 9.17) is 5.73 Å². The van der Waals surface area contributed by atoms with Crippen molar-refractivity contribution in [3.63, 3.8) is 0 Å². The van der Waals surface area contributed by atoms with Gasteiger partial charge in [-0.05, 0) is 44.2 Å². The summed E-state index contributed by atoms with van der Waals surface area (Å²) in [6.07, 6.45) is 4.76. The summed E-state index contributed by atoms with van der Waals surface area (Å²) >= 11 is 0. The van der Waals surface area contributed by atoms with Gasteiger partial charge in [0.2, 0.25) is 5.91 Å². The van der Waals surface area contributed by atoms with Gasteiger partial charge in [0.25, 0.3) is 0 Å². The van der Waals surface area contributed by atoms with Crippen LogP contribution in [-0.2, 0) is 4.79 Å². The lowest BCUT2D eigenvalue weighted by Gasteiger charge is -2.29. The van der Waals surface area contributed by atoms with Crippen LogP contribution in [0.4, 0.5) is 0 Å². The van der Waals surface area contributed by atoms with Crippen LogP contribution in [0.2, 0.25) is 0 Å². The van der Waals surface area contributed by atoms with Crippen LogP contribution in [0.25, 0.3) is 0 Å². The van der Waals surface area contributed by atoms with E-state index in [9.17, 15) is 4.79 Å². The summed E-state index contributed by atoms with van der Waals surface area (Å²) in [7, 11) is 0. The molecule has 1 aliphatic rings. The van der Waals surface area contributed by atoms with E-state index in [1.807, 2.05) is 0 Å². The monoisotopic (exact) mass is 269 g/mol. The Bertz CT molecular complexity index is 262. The van der Waals surface area contributed by atoms with E-state index in [-0.39, 0.29) is 11.9 Å². The molecular weight excluding hydrogens is 238 g/mol. The van der Waals surface area contributed by atoms with Crippen LogP contribution in [0.5, 0.6) is 0 Å². The molecule has 4 heteroatoms. The largest absolute Gasteiger partial charge is 0.354 e. The molecule has 0 bridgehead atoms. The molecule has 3 N–H and O–H groups in total. The fourth-order valence-corrected chi connectivity index (χ4v) is 2.67. The van der Waals surface area contributed by atoms with Gasteiger partial charge in [-0.3, -0.25) is 4.79 Å². The Kier molecular flexibility index (Phi) is 7.39. The fourth-order valence-electron chi connectivity index (χ4n) is 2.67. The minimum atomic E-state index is -0.359. The quantitative estimate of drug-likeness (QED) is 0.738. The second-order valence-corrected chi connectivity index (χ2v) is 6.45. The Labute approximate surface area is 118 Å². The Morgan fingerprint density at radius 2 is 1.84 bits per heavy atom. The van der Waals surface area contributed by atoms with Crippen molar-refractivity contribution >= 4 is 5.91 Å². The van der Waals surface area contributed by atoms with Gasteiger partial charge in [-0.1, -0.05) is 27.2 Å². The summed E-state index contributed by atoms with van der Waals surface area (Å²) in [4.78, 5) is 14.3. The number of rotatable bonds is 7. The van der Waals surface area contributed by atoms with E-state index in [1.54, 1.807) is 0 Å². The minimum absolute atomic E-state index is 0.000746. The molecule has 0 radical (unpaired) electrons. The van der Waals surface area contributed by atoms with Crippen molar-refractivity contribution in [1.29, 1.82) is 0 Å². The molecule has 2 atom stereocenters. The molecular formula is C15H31N3O. The van der Waals surface area contributed by atoms with Gasteiger partial charge >= 0.3 is 0 Å². The average Bonchev–Trinajstić information content (AvgIpc) is 2.36. The molecule has 1 heterocycles. The van der Waals surface area contributed by atoms with Gasteiger partial charge in [0, 0.05) is 13.1 Å². The standard InChI is InChI=1S/C15H31N3O/c1-12(2)9-14(16)15(19)17-10-13(3)11-18-7-5-4-6-8-18/h12-14H,4-11,16H2,1-3H3,(H,17,19)/t13?,14-/m1/s1. The lowest BCUT2D eigenvalue weighted by molar-refractivity contribution is -0.122. The molecule has 0 aromatic heterocycles. The molecule has 1 fully saturated rings. The maximum atomic E-state index is 11.8. The average molecular weight is 269 g/mol. The molecule has 0 aromatic rings. The van der Waals surface area contributed by atoms with E-state index >= 15 is 0 Å². The predicted octanol–water partition coefficient (Wildman–Crippen LogP) is 1.60. The molecule has 19 heavy (non-hydrogen) atoms. The van der Waals surface area contributed by atoms with Gasteiger partial charge in [-0.2, -0.15) is 0 Å². The number of nitrogens with two attached hydrogens (primary N) is 1. The van der Waals surface area contributed by atoms with Crippen molar-refractivity contribution in [2.24, 2.45) is 17.6 Å². The van der Waals surface area contributed by atoms with Crippen LogP contribution >= 0.6 is 0 Å². The summed E-state index contributed by atoms with van der Waals surface area (Å²) in [6, 6.07) is -0.359. The van der Waals surface area contributed by atoms with Crippen molar-refractivity contribution in [3.05, 3.63) is 0 Å². The third-order valence-electron chi connectivity index (χ3n) is 3.71. The first-order valence-electron chi connectivity index (χ1n) is 7.74. The number of amides is 1. The molecule has 1 saturated heterocycles. The van der Waals surface area contributed by atoms with E-state index in [0.717, 1.165) is 19.5 Å². The first-order chi connectivity index (χ1) is 8.99. The highest BCUT2D eigenvalue weighted by Crippen LogP contribution is 2.10. The van der Waals surface area contributed by atoms with Crippen molar-refractivity contribution in [2.75, 3.05) is 26.2 Å². The topological polar surface area (TPSA) is 58.4 Å². The molecule has 0 saturated carbocycles. The molecule has 0 spiro atoms.